The Morgan fingerprint density at radius 3 is 2.63 bits per heavy atom. The molecule has 1 N–H and O–H groups in total. The van der Waals surface area contributed by atoms with E-state index in [0.29, 0.717) is 27.5 Å². The Labute approximate surface area is 164 Å². The van der Waals surface area contributed by atoms with Crippen molar-refractivity contribution >= 4 is 40.0 Å². The highest BCUT2D eigenvalue weighted by Crippen LogP contribution is 2.29. The molecule has 0 spiro atoms. The van der Waals surface area contributed by atoms with E-state index in [0.717, 1.165) is 16.5 Å². The van der Waals surface area contributed by atoms with Gasteiger partial charge in [-0.15, -0.1) is 0 Å². The Morgan fingerprint density at radius 1 is 1.15 bits per heavy atom. The molecule has 0 fully saturated rings. The Balaban J connectivity index is 1.51. The van der Waals surface area contributed by atoms with Crippen molar-refractivity contribution in [1.29, 1.82) is 0 Å². The van der Waals surface area contributed by atoms with Gasteiger partial charge in [-0.1, -0.05) is 46.6 Å². The van der Waals surface area contributed by atoms with Gasteiger partial charge in [0.2, 0.25) is 11.7 Å². The number of benzene rings is 2. The van der Waals surface area contributed by atoms with Crippen LogP contribution < -0.4 is 5.32 Å². The quantitative estimate of drug-likeness (QED) is 0.548. The highest BCUT2D eigenvalue weighted by atomic mass is 35.5. The van der Waals surface area contributed by atoms with E-state index >= 15 is 0 Å². The maximum atomic E-state index is 12.6. The minimum atomic E-state index is -0.315. The number of carbonyl (C=O) groups is 1. The molecule has 136 valence electrons. The lowest BCUT2D eigenvalue weighted by Gasteiger charge is -2.05. The van der Waals surface area contributed by atoms with Crippen molar-refractivity contribution in [2.75, 3.05) is 0 Å². The summed E-state index contributed by atoms with van der Waals surface area (Å²) in [6, 6.07) is 14.7. The molecule has 0 saturated carbocycles. The first-order valence-electron chi connectivity index (χ1n) is 8.14. The minimum absolute atomic E-state index is 0.0945. The third-order valence-corrected chi connectivity index (χ3v) is 4.87. The zero-order valence-corrected chi connectivity index (χ0v) is 15.8. The first kappa shape index (κ1) is 17.6. The number of carbonyl (C=O) groups excluding carboxylic acids is 1. The molecule has 0 aliphatic rings. The van der Waals surface area contributed by atoms with Gasteiger partial charge in [-0.2, -0.15) is 4.98 Å². The fourth-order valence-corrected chi connectivity index (χ4v) is 3.38. The van der Waals surface area contributed by atoms with Crippen LogP contribution in [0.4, 0.5) is 0 Å². The largest absolute Gasteiger partial charge is 0.342 e. The van der Waals surface area contributed by atoms with Crippen molar-refractivity contribution in [2.45, 2.75) is 6.54 Å². The number of nitrogens with zero attached hydrogens (tertiary/aromatic N) is 3. The fraction of sp³-hybridized carbons (Fsp3) is 0.105. The molecule has 0 aliphatic carbocycles. The summed E-state index contributed by atoms with van der Waals surface area (Å²) in [7, 11) is 1.80. The molecule has 0 unspecified atom stereocenters. The van der Waals surface area contributed by atoms with Gasteiger partial charge in [0.15, 0.2) is 0 Å². The lowest BCUT2D eigenvalue weighted by Crippen LogP contribution is -2.25. The van der Waals surface area contributed by atoms with E-state index in [1.54, 1.807) is 35.9 Å². The third kappa shape index (κ3) is 3.29. The van der Waals surface area contributed by atoms with Gasteiger partial charge in [-0.05, 0) is 30.3 Å². The van der Waals surface area contributed by atoms with Crippen LogP contribution in [0.3, 0.4) is 0 Å². The van der Waals surface area contributed by atoms with Gasteiger partial charge in [0.1, 0.15) is 5.69 Å². The zero-order valence-electron chi connectivity index (χ0n) is 14.2. The molecular formula is C19H14Cl2N4O2. The number of hydrogen-bond acceptors (Lipinski definition) is 4. The van der Waals surface area contributed by atoms with Crippen molar-refractivity contribution < 1.29 is 9.32 Å². The van der Waals surface area contributed by atoms with E-state index < -0.39 is 0 Å². The normalized spacial score (nSPS) is 11.1. The number of nitrogens with one attached hydrogen (secondary N) is 1. The minimum Gasteiger partial charge on any atom is -0.342 e. The van der Waals surface area contributed by atoms with Crippen LogP contribution in [0.5, 0.6) is 0 Å². The van der Waals surface area contributed by atoms with Crippen molar-refractivity contribution in [3.05, 3.63) is 70.2 Å². The molecule has 0 bridgehead atoms. The van der Waals surface area contributed by atoms with Crippen LogP contribution in [0.1, 0.15) is 16.4 Å². The van der Waals surface area contributed by atoms with Crippen LogP contribution in [0.25, 0.3) is 22.3 Å². The van der Waals surface area contributed by atoms with E-state index in [1.165, 1.54) is 0 Å². The zero-order chi connectivity index (χ0) is 19.0. The highest BCUT2D eigenvalue weighted by Gasteiger charge is 2.20. The molecule has 8 heteroatoms. The van der Waals surface area contributed by atoms with Crippen LogP contribution in [0.2, 0.25) is 10.0 Å². The summed E-state index contributed by atoms with van der Waals surface area (Å²) in [6.45, 7) is 0.0945. The summed E-state index contributed by atoms with van der Waals surface area (Å²) in [5.41, 5.74) is 2.04. The van der Waals surface area contributed by atoms with E-state index in [9.17, 15) is 4.79 Å². The lowest BCUT2D eigenvalue weighted by molar-refractivity contribution is 0.0938. The van der Waals surface area contributed by atoms with Crippen LogP contribution in [-0.2, 0) is 13.6 Å². The lowest BCUT2D eigenvalue weighted by atomic mass is 10.2. The molecule has 4 rings (SSSR count). The Hall–Kier alpha value is -2.83. The van der Waals surface area contributed by atoms with Gasteiger partial charge in [-0.3, -0.25) is 4.79 Å². The van der Waals surface area contributed by atoms with Gasteiger partial charge in [0, 0.05) is 28.5 Å². The summed E-state index contributed by atoms with van der Waals surface area (Å²) in [4.78, 5) is 16.9. The fourth-order valence-electron chi connectivity index (χ4n) is 2.88. The number of aromatic nitrogens is 3. The molecule has 0 atom stereocenters. The predicted octanol–water partition coefficient (Wildman–Crippen LogP) is 4.47. The Morgan fingerprint density at radius 2 is 1.89 bits per heavy atom. The van der Waals surface area contributed by atoms with Crippen molar-refractivity contribution in [3.8, 4) is 11.4 Å². The number of para-hydroxylation sites is 1. The van der Waals surface area contributed by atoms with Gasteiger partial charge in [-0.25, -0.2) is 0 Å². The maximum absolute atomic E-state index is 12.6. The monoisotopic (exact) mass is 400 g/mol. The number of hydrogen-bond donors (Lipinski definition) is 1. The summed E-state index contributed by atoms with van der Waals surface area (Å²) >= 11 is 12.3. The van der Waals surface area contributed by atoms with Gasteiger partial charge in [0.25, 0.3) is 5.91 Å². The van der Waals surface area contributed by atoms with E-state index in [1.807, 2.05) is 24.3 Å². The summed E-state index contributed by atoms with van der Waals surface area (Å²) in [5, 5.41) is 8.56. The summed E-state index contributed by atoms with van der Waals surface area (Å²) < 4.78 is 6.97. The van der Waals surface area contributed by atoms with Crippen molar-refractivity contribution in [2.24, 2.45) is 7.05 Å². The molecule has 2 aromatic heterocycles. The average molecular weight is 401 g/mol. The Bertz CT molecular complexity index is 1090. The molecule has 6 nitrogen and oxygen atoms in total. The molecule has 0 saturated heterocycles. The SMILES string of the molecule is Cn1c(C(=O)NCc2nc(-c3ccc(Cl)cc3)no2)c(Cl)c2ccccc21. The Kier molecular flexibility index (Phi) is 4.59. The van der Waals surface area contributed by atoms with Gasteiger partial charge < -0.3 is 14.4 Å². The molecule has 0 aliphatic heterocycles. The second-order valence-corrected chi connectivity index (χ2v) is 6.75. The molecule has 1 amide bonds. The second-order valence-electron chi connectivity index (χ2n) is 5.94. The first-order chi connectivity index (χ1) is 13.0. The van der Waals surface area contributed by atoms with Crippen LogP contribution in [0, 0.1) is 0 Å². The van der Waals surface area contributed by atoms with E-state index in [-0.39, 0.29) is 12.5 Å². The topological polar surface area (TPSA) is 73.0 Å². The summed E-state index contributed by atoms with van der Waals surface area (Å²) in [6.07, 6.45) is 0. The standard InChI is InChI=1S/C19H14Cl2N4O2/c1-25-14-5-3-2-4-13(14)16(21)17(25)19(26)22-10-15-23-18(24-27-15)11-6-8-12(20)9-7-11/h2-9H,10H2,1H3,(H,22,26). The highest BCUT2D eigenvalue weighted by molar-refractivity contribution is 6.38. The molecule has 4 aromatic rings. The van der Waals surface area contributed by atoms with Gasteiger partial charge in [0.05, 0.1) is 11.6 Å². The first-order valence-corrected chi connectivity index (χ1v) is 8.90. The molecular weight excluding hydrogens is 387 g/mol. The number of amides is 1. The van der Waals surface area contributed by atoms with Crippen LogP contribution in [0.15, 0.2) is 53.1 Å². The summed E-state index contributed by atoms with van der Waals surface area (Å²) in [5.74, 6) is 0.409. The maximum Gasteiger partial charge on any atom is 0.269 e. The van der Waals surface area contributed by atoms with Crippen molar-refractivity contribution in [1.82, 2.24) is 20.0 Å². The van der Waals surface area contributed by atoms with Crippen LogP contribution >= 0.6 is 23.2 Å². The number of rotatable bonds is 4. The van der Waals surface area contributed by atoms with Crippen molar-refractivity contribution in [3.63, 3.8) is 0 Å². The number of aryl methyl sites for hydroxylation is 1. The third-order valence-electron chi connectivity index (χ3n) is 4.23. The second kappa shape index (κ2) is 7.06. The molecule has 2 aromatic carbocycles. The smallest absolute Gasteiger partial charge is 0.269 e. The number of halogens is 2. The van der Waals surface area contributed by atoms with Crippen LogP contribution in [-0.4, -0.2) is 20.6 Å². The molecule has 0 radical (unpaired) electrons. The molecule has 27 heavy (non-hydrogen) atoms. The van der Waals surface area contributed by atoms with Gasteiger partial charge >= 0.3 is 0 Å². The van der Waals surface area contributed by atoms with E-state index in [2.05, 4.69) is 15.5 Å². The molecule has 2 heterocycles. The van der Waals surface area contributed by atoms with E-state index in [4.69, 9.17) is 27.7 Å². The number of fused-ring (bicyclic) bond motifs is 1. The predicted molar refractivity (Wildman–Crippen MR) is 104 cm³/mol. The average Bonchev–Trinajstić information content (AvgIpc) is 3.25.